The van der Waals surface area contributed by atoms with E-state index in [9.17, 15) is 4.79 Å². The number of ketones is 1. The number of hydrogen-bond acceptors (Lipinski definition) is 1. The smallest absolute Gasteiger partial charge is 0.145 e. The van der Waals surface area contributed by atoms with Gasteiger partial charge in [0.25, 0.3) is 0 Å². The van der Waals surface area contributed by atoms with Gasteiger partial charge in [-0.1, -0.05) is 6.92 Å². The van der Waals surface area contributed by atoms with Gasteiger partial charge in [-0.3, -0.25) is 4.79 Å². The molecule has 2 spiro atoms. The molecular formula is C10H14O. The minimum Gasteiger partial charge on any atom is -0.298 e. The van der Waals surface area contributed by atoms with Gasteiger partial charge in [0.05, 0.1) is 0 Å². The van der Waals surface area contributed by atoms with Crippen LogP contribution in [0, 0.1) is 16.7 Å². The maximum atomic E-state index is 11.9. The van der Waals surface area contributed by atoms with E-state index in [1.54, 1.807) is 0 Å². The van der Waals surface area contributed by atoms with Crippen molar-refractivity contribution in [3.8, 4) is 0 Å². The zero-order chi connectivity index (χ0) is 7.69. The Kier molecular flexibility index (Phi) is 0.799. The van der Waals surface area contributed by atoms with Crippen LogP contribution < -0.4 is 0 Å². The van der Waals surface area contributed by atoms with Crippen molar-refractivity contribution in [3.63, 3.8) is 0 Å². The lowest BCUT2D eigenvalue weighted by Crippen LogP contribution is -2.16. The molecule has 3 fully saturated rings. The molecule has 3 saturated carbocycles. The lowest BCUT2D eigenvalue weighted by molar-refractivity contribution is -0.126. The van der Waals surface area contributed by atoms with Crippen LogP contribution in [0.3, 0.4) is 0 Å². The molecule has 11 heavy (non-hydrogen) atoms. The van der Waals surface area contributed by atoms with Crippen molar-refractivity contribution in [2.24, 2.45) is 16.7 Å². The van der Waals surface area contributed by atoms with E-state index in [-0.39, 0.29) is 10.8 Å². The Morgan fingerprint density at radius 3 is 2.09 bits per heavy atom. The lowest BCUT2D eigenvalue weighted by atomic mass is 9.97. The van der Waals surface area contributed by atoms with Gasteiger partial charge in [-0.2, -0.15) is 0 Å². The Morgan fingerprint density at radius 1 is 1.27 bits per heavy atom. The Labute approximate surface area is 67.2 Å². The first-order valence-corrected chi connectivity index (χ1v) is 4.75. The normalized spacial score (nSPS) is 50.6. The van der Waals surface area contributed by atoms with Gasteiger partial charge in [0.2, 0.25) is 0 Å². The van der Waals surface area contributed by atoms with Gasteiger partial charge in [-0.15, -0.1) is 0 Å². The Morgan fingerprint density at radius 2 is 1.82 bits per heavy atom. The van der Waals surface area contributed by atoms with Crippen LogP contribution in [0.15, 0.2) is 0 Å². The SMILES string of the molecule is C[C@@H]1C[C@]12CCC1(CC1)C2=O. The first kappa shape index (κ1) is 6.22. The predicted molar refractivity (Wildman–Crippen MR) is 42.1 cm³/mol. The molecule has 0 aromatic rings. The van der Waals surface area contributed by atoms with E-state index in [1.165, 1.54) is 32.1 Å². The van der Waals surface area contributed by atoms with Crippen LogP contribution in [0.4, 0.5) is 0 Å². The van der Waals surface area contributed by atoms with Gasteiger partial charge in [0.1, 0.15) is 5.78 Å². The minimum atomic E-state index is 0.219. The second-order valence-electron chi connectivity index (χ2n) is 4.87. The highest BCUT2D eigenvalue weighted by Crippen LogP contribution is 2.71. The van der Waals surface area contributed by atoms with Gasteiger partial charge >= 0.3 is 0 Å². The first-order chi connectivity index (χ1) is 5.20. The second-order valence-corrected chi connectivity index (χ2v) is 4.87. The third-order valence-electron chi connectivity index (χ3n) is 4.29. The van der Waals surface area contributed by atoms with Crippen molar-refractivity contribution in [3.05, 3.63) is 0 Å². The van der Waals surface area contributed by atoms with E-state index in [2.05, 4.69) is 6.92 Å². The summed E-state index contributed by atoms with van der Waals surface area (Å²) in [5, 5.41) is 0. The number of Topliss-reactive ketones (excluding diaryl/α,β-unsaturated/α-hetero) is 1. The molecule has 0 amide bonds. The molecule has 0 aromatic carbocycles. The minimum absolute atomic E-state index is 0.219. The summed E-state index contributed by atoms with van der Waals surface area (Å²) in [6.07, 6.45) is 6.05. The van der Waals surface area contributed by atoms with Crippen molar-refractivity contribution >= 4 is 5.78 Å². The van der Waals surface area contributed by atoms with Gasteiger partial charge in [-0.05, 0) is 38.0 Å². The summed E-state index contributed by atoms with van der Waals surface area (Å²) < 4.78 is 0. The van der Waals surface area contributed by atoms with Crippen LogP contribution in [-0.4, -0.2) is 5.78 Å². The molecule has 3 rings (SSSR count). The summed E-state index contributed by atoms with van der Waals surface area (Å²) in [5.41, 5.74) is 0.460. The largest absolute Gasteiger partial charge is 0.298 e. The Bertz CT molecular complexity index is 239. The predicted octanol–water partition coefficient (Wildman–Crippen LogP) is 2.16. The number of carbonyl (C=O) groups excluding carboxylic acids is 1. The standard InChI is InChI=1S/C10H14O/c1-7-6-10(7)5-4-9(2-3-9)8(10)11/h7H,2-6H2,1H3/t7-,10-/m1/s1. The average molecular weight is 150 g/mol. The van der Waals surface area contributed by atoms with Crippen LogP contribution in [0.2, 0.25) is 0 Å². The first-order valence-electron chi connectivity index (χ1n) is 4.75. The fourth-order valence-corrected chi connectivity index (χ4v) is 3.00. The molecule has 0 saturated heterocycles. The molecule has 3 aliphatic carbocycles. The molecule has 0 heterocycles. The molecule has 0 N–H and O–H groups in total. The topological polar surface area (TPSA) is 17.1 Å². The second kappa shape index (κ2) is 1.41. The lowest BCUT2D eigenvalue weighted by Gasteiger charge is -2.05. The van der Waals surface area contributed by atoms with Crippen LogP contribution in [0.5, 0.6) is 0 Å². The highest BCUT2D eigenvalue weighted by atomic mass is 16.1. The van der Waals surface area contributed by atoms with Crippen molar-refractivity contribution in [2.75, 3.05) is 0 Å². The van der Waals surface area contributed by atoms with Crippen LogP contribution >= 0.6 is 0 Å². The molecule has 3 aliphatic rings. The van der Waals surface area contributed by atoms with Crippen molar-refractivity contribution in [2.45, 2.75) is 39.0 Å². The van der Waals surface area contributed by atoms with E-state index in [1.807, 2.05) is 0 Å². The van der Waals surface area contributed by atoms with Crippen LogP contribution in [-0.2, 0) is 4.79 Å². The van der Waals surface area contributed by atoms with Crippen molar-refractivity contribution < 1.29 is 4.79 Å². The Balaban J connectivity index is 1.97. The quantitative estimate of drug-likeness (QED) is 0.517. The summed E-state index contributed by atoms with van der Waals surface area (Å²) in [6, 6.07) is 0. The zero-order valence-electron chi connectivity index (χ0n) is 7.02. The maximum Gasteiger partial charge on any atom is 0.145 e. The molecule has 0 radical (unpaired) electrons. The molecule has 60 valence electrons. The third-order valence-corrected chi connectivity index (χ3v) is 4.29. The van der Waals surface area contributed by atoms with Gasteiger partial charge in [-0.25, -0.2) is 0 Å². The van der Waals surface area contributed by atoms with Crippen molar-refractivity contribution in [1.29, 1.82) is 0 Å². The highest BCUT2D eigenvalue weighted by Gasteiger charge is 2.69. The van der Waals surface area contributed by atoms with Gasteiger partial charge in [0, 0.05) is 10.8 Å². The fraction of sp³-hybridized carbons (Fsp3) is 0.900. The zero-order valence-corrected chi connectivity index (χ0v) is 7.02. The molecule has 0 bridgehead atoms. The molecule has 0 aliphatic heterocycles. The van der Waals surface area contributed by atoms with Crippen LogP contribution in [0.25, 0.3) is 0 Å². The molecule has 1 nitrogen and oxygen atoms in total. The molecule has 2 atom stereocenters. The molecule has 1 heteroatoms. The molecule has 0 aromatic heterocycles. The van der Waals surface area contributed by atoms with Crippen LogP contribution in [0.1, 0.15) is 39.0 Å². The van der Waals surface area contributed by atoms with E-state index < -0.39 is 0 Å². The highest BCUT2D eigenvalue weighted by molar-refractivity contribution is 5.97. The summed E-state index contributed by atoms with van der Waals surface area (Å²) in [7, 11) is 0. The van der Waals surface area contributed by atoms with Gasteiger partial charge < -0.3 is 0 Å². The summed E-state index contributed by atoms with van der Waals surface area (Å²) in [6.45, 7) is 2.24. The number of carbonyl (C=O) groups is 1. The molecule has 0 unspecified atom stereocenters. The average Bonchev–Trinajstić information content (AvgIpc) is 2.80. The summed E-state index contributed by atoms with van der Waals surface area (Å²) in [5.74, 6) is 1.37. The molecular weight excluding hydrogens is 136 g/mol. The number of hydrogen-bond donors (Lipinski definition) is 0. The van der Waals surface area contributed by atoms with Gasteiger partial charge in [0.15, 0.2) is 0 Å². The monoisotopic (exact) mass is 150 g/mol. The third kappa shape index (κ3) is 0.533. The Hall–Kier alpha value is -0.330. The van der Waals surface area contributed by atoms with E-state index in [0.29, 0.717) is 5.78 Å². The number of rotatable bonds is 0. The summed E-state index contributed by atoms with van der Waals surface area (Å²) in [4.78, 5) is 11.9. The van der Waals surface area contributed by atoms with E-state index in [0.717, 1.165) is 5.92 Å². The van der Waals surface area contributed by atoms with E-state index >= 15 is 0 Å². The summed E-state index contributed by atoms with van der Waals surface area (Å²) >= 11 is 0. The van der Waals surface area contributed by atoms with Crippen molar-refractivity contribution in [1.82, 2.24) is 0 Å². The maximum absolute atomic E-state index is 11.9. The van der Waals surface area contributed by atoms with E-state index in [4.69, 9.17) is 0 Å². The fourth-order valence-electron chi connectivity index (χ4n) is 3.00.